The van der Waals surface area contributed by atoms with Crippen LogP contribution in [-0.4, -0.2) is 17.0 Å². The Labute approximate surface area is 138 Å². The van der Waals surface area contributed by atoms with Crippen LogP contribution >= 0.6 is 0 Å². The molecule has 0 spiro atoms. The minimum Gasteiger partial charge on any atom is -0.326 e. The Bertz CT molecular complexity index is 515. The SMILES string of the molecule is CCCc1c(C)cccc1NC(=O)CCCCCCC(=O)NO. The van der Waals surface area contributed by atoms with E-state index in [-0.39, 0.29) is 11.8 Å². The van der Waals surface area contributed by atoms with Crippen molar-refractivity contribution >= 4 is 17.5 Å². The van der Waals surface area contributed by atoms with Gasteiger partial charge in [0.15, 0.2) is 0 Å². The largest absolute Gasteiger partial charge is 0.326 e. The summed E-state index contributed by atoms with van der Waals surface area (Å²) in [6, 6.07) is 6.00. The molecule has 2 amide bonds. The zero-order valence-corrected chi connectivity index (χ0v) is 14.2. The molecule has 5 heteroatoms. The Morgan fingerprint density at radius 1 is 1.04 bits per heavy atom. The van der Waals surface area contributed by atoms with E-state index in [1.807, 2.05) is 12.1 Å². The monoisotopic (exact) mass is 320 g/mol. The normalized spacial score (nSPS) is 10.4. The third-order valence-corrected chi connectivity index (χ3v) is 3.87. The molecule has 1 aromatic rings. The summed E-state index contributed by atoms with van der Waals surface area (Å²) in [4.78, 5) is 22.9. The van der Waals surface area contributed by atoms with E-state index in [2.05, 4.69) is 25.2 Å². The van der Waals surface area contributed by atoms with Crippen molar-refractivity contribution in [2.24, 2.45) is 0 Å². The Hall–Kier alpha value is -1.88. The molecule has 0 atom stereocenters. The summed E-state index contributed by atoms with van der Waals surface area (Å²) < 4.78 is 0. The number of rotatable bonds is 10. The van der Waals surface area contributed by atoms with Gasteiger partial charge in [-0.25, -0.2) is 5.48 Å². The molecule has 0 fully saturated rings. The van der Waals surface area contributed by atoms with E-state index in [0.717, 1.165) is 44.2 Å². The molecule has 5 nitrogen and oxygen atoms in total. The van der Waals surface area contributed by atoms with Gasteiger partial charge in [-0.1, -0.05) is 38.3 Å². The number of unbranched alkanes of at least 4 members (excludes halogenated alkanes) is 3. The quantitative estimate of drug-likeness (QED) is 0.349. The van der Waals surface area contributed by atoms with Crippen molar-refractivity contribution in [1.29, 1.82) is 0 Å². The van der Waals surface area contributed by atoms with Crippen molar-refractivity contribution in [3.8, 4) is 0 Å². The van der Waals surface area contributed by atoms with Gasteiger partial charge < -0.3 is 5.32 Å². The van der Waals surface area contributed by atoms with E-state index in [9.17, 15) is 9.59 Å². The fourth-order valence-electron chi connectivity index (χ4n) is 2.59. The average molecular weight is 320 g/mol. The Balaban J connectivity index is 2.32. The molecule has 0 aliphatic carbocycles. The zero-order valence-electron chi connectivity index (χ0n) is 14.2. The minimum absolute atomic E-state index is 0.0426. The van der Waals surface area contributed by atoms with Crippen LogP contribution in [0.3, 0.4) is 0 Å². The van der Waals surface area contributed by atoms with Crippen LogP contribution in [0.25, 0.3) is 0 Å². The smallest absolute Gasteiger partial charge is 0.243 e. The van der Waals surface area contributed by atoms with E-state index >= 15 is 0 Å². The molecule has 0 saturated carbocycles. The van der Waals surface area contributed by atoms with Crippen molar-refractivity contribution in [3.05, 3.63) is 29.3 Å². The number of hydrogen-bond acceptors (Lipinski definition) is 3. The minimum atomic E-state index is -0.356. The van der Waals surface area contributed by atoms with Gasteiger partial charge in [-0.2, -0.15) is 0 Å². The molecule has 0 unspecified atom stereocenters. The fraction of sp³-hybridized carbons (Fsp3) is 0.556. The van der Waals surface area contributed by atoms with Crippen LogP contribution in [-0.2, 0) is 16.0 Å². The number of aryl methyl sites for hydroxylation is 1. The maximum Gasteiger partial charge on any atom is 0.243 e. The molecule has 0 aromatic heterocycles. The number of hydroxylamine groups is 1. The van der Waals surface area contributed by atoms with Crippen molar-refractivity contribution in [3.63, 3.8) is 0 Å². The second-order valence-corrected chi connectivity index (χ2v) is 5.85. The first kappa shape index (κ1) is 19.2. The Kier molecular flexibility index (Phi) is 8.98. The highest BCUT2D eigenvalue weighted by atomic mass is 16.5. The van der Waals surface area contributed by atoms with Gasteiger partial charge >= 0.3 is 0 Å². The molecule has 0 bridgehead atoms. The summed E-state index contributed by atoms with van der Waals surface area (Å²) in [5.74, 6) is -0.313. The lowest BCUT2D eigenvalue weighted by Gasteiger charge is -2.13. The molecule has 23 heavy (non-hydrogen) atoms. The molecule has 0 aliphatic heterocycles. The molecular formula is C18H28N2O3. The third-order valence-electron chi connectivity index (χ3n) is 3.87. The number of benzene rings is 1. The second kappa shape index (κ2) is 10.8. The molecule has 0 heterocycles. The van der Waals surface area contributed by atoms with Gasteiger partial charge in [-0.05, 0) is 43.4 Å². The maximum absolute atomic E-state index is 12.1. The fourth-order valence-corrected chi connectivity index (χ4v) is 2.59. The summed E-state index contributed by atoms with van der Waals surface area (Å²) in [7, 11) is 0. The van der Waals surface area contributed by atoms with Crippen molar-refractivity contribution in [2.75, 3.05) is 5.32 Å². The van der Waals surface area contributed by atoms with Crippen LogP contribution in [0, 0.1) is 6.92 Å². The van der Waals surface area contributed by atoms with Crippen LogP contribution in [0.1, 0.15) is 63.0 Å². The number of hydrogen-bond donors (Lipinski definition) is 3. The molecule has 3 N–H and O–H groups in total. The van der Waals surface area contributed by atoms with Gasteiger partial charge in [0.05, 0.1) is 0 Å². The Morgan fingerprint density at radius 2 is 1.70 bits per heavy atom. The van der Waals surface area contributed by atoms with E-state index < -0.39 is 0 Å². The van der Waals surface area contributed by atoms with Crippen molar-refractivity contribution in [1.82, 2.24) is 5.48 Å². The van der Waals surface area contributed by atoms with E-state index in [1.54, 1.807) is 5.48 Å². The number of carbonyl (C=O) groups excluding carboxylic acids is 2. The first-order valence-corrected chi connectivity index (χ1v) is 8.39. The van der Waals surface area contributed by atoms with Gasteiger partial charge in [-0.3, -0.25) is 14.8 Å². The van der Waals surface area contributed by atoms with Crippen LogP contribution in [0.4, 0.5) is 5.69 Å². The predicted molar refractivity (Wildman–Crippen MR) is 91.4 cm³/mol. The van der Waals surface area contributed by atoms with E-state index in [1.165, 1.54) is 11.1 Å². The molecule has 1 aromatic carbocycles. The van der Waals surface area contributed by atoms with Crippen LogP contribution < -0.4 is 10.8 Å². The van der Waals surface area contributed by atoms with Crippen LogP contribution in [0.2, 0.25) is 0 Å². The highest BCUT2D eigenvalue weighted by Crippen LogP contribution is 2.21. The van der Waals surface area contributed by atoms with Gasteiger partial charge in [0.25, 0.3) is 0 Å². The lowest BCUT2D eigenvalue weighted by atomic mass is 10.0. The lowest BCUT2D eigenvalue weighted by Crippen LogP contribution is -2.17. The van der Waals surface area contributed by atoms with Crippen molar-refractivity contribution < 1.29 is 14.8 Å². The second-order valence-electron chi connectivity index (χ2n) is 5.85. The summed E-state index contributed by atoms with van der Waals surface area (Å²) >= 11 is 0. The first-order chi connectivity index (χ1) is 11.1. The predicted octanol–water partition coefficient (Wildman–Crippen LogP) is 3.73. The number of nitrogens with one attached hydrogen (secondary N) is 2. The summed E-state index contributed by atoms with van der Waals surface area (Å²) in [5, 5.41) is 11.4. The van der Waals surface area contributed by atoms with Gasteiger partial charge in [0.1, 0.15) is 0 Å². The Morgan fingerprint density at radius 3 is 2.30 bits per heavy atom. The lowest BCUT2D eigenvalue weighted by molar-refractivity contribution is -0.129. The molecule has 1 rings (SSSR count). The topological polar surface area (TPSA) is 78.4 Å². The maximum atomic E-state index is 12.1. The van der Waals surface area contributed by atoms with Gasteiger partial charge in [0, 0.05) is 18.5 Å². The third kappa shape index (κ3) is 7.28. The highest BCUT2D eigenvalue weighted by molar-refractivity contribution is 5.91. The molecule has 0 radical (unpaired) electrons. The van der Waals surface area contributed by atoms with Gasteiger partial charge in [0.2, 0.25) is 11.8 Å². The van der Waals surface area contributed by atoms with Crippen LogP contribution in [0.15, 0.2) is 18.2 Å². The summed E-state index contributed by atoms with van der Waals surface area (Å²) in [5.41, 5.74) is 4.98. The first-order valence-electron chi connectivity index (χ1n) is 8.39. The van der Waals surface area contributed by atoms with E-state index in [0.29, 0.717) is 12.8 Å². The molecule has 128 valence electrons. The molecular weight excluding hydrogens is 292 g/mol. The average Bonchev–Trinajstić information content (AvgIpc) is 2.53. The standard InChI is InChI=1S/C18H28N2O3/c1-3-9-15-14(2)10-8-11-16(15)19-17(21)12-6-4-5-7-13-18(22)20-23/h8,10-11,23H,3-7,9,12-13H2,1-2H3,(H,19,21)(H,20,22). The highest BCUT2D eigenvalue weighted by Gasteiger charge is 2.08. The van der Waals surface area contributed by atoms with Crippen molar-refractivity contribution in [2.45, 2.75) is 65.2 Å². The van der Waals surface area contributed by atoms with Gasteiger partial charge in [-0.15, -0.1) is 0 Å². The number of carbonyl (C=O) groups is 2. The number of anilines is 1. The summed E-state index contributed by atoms with van der Waals surface area (Å²) in [6.45, 7) is 4.21. The van der Waals surface area contributed by atoms with Crippen LogP contribution in [0.5, 0.6) is 0 Å². The zero-order chi connectivity index (χ0) is 17.1. The van der Waals surface area contributed by atoms with E-state index in [4.69, 9.17) is 5.21 Å². The molecule has 0 aliphatic rings. The molecule has 0 saturated heterocycles. The summed E-state index contributed by atoms with van der Waals surface area (Å²) in [6.07, 6.45) is 6.16. The number of amides is 2.